The molecule has 1 aliphatic heterocycles. The molecule has 0 fully saturated rings. The number of benzene rings is 2. The van der Waals surface area contributed by atoms with Crippen molar-refractivity contribution < 1.29 is 4.74 Å². The molecule has 0 atom stereocenters. The molecule has 0 spiro atoms. The first-order chi connectivity index (χ1) is 12.5. The molecule has 2 aromatic carbocycles. The number of ether oxygens (including phenoxy) is 1. The first kappa shape index (κ1) is 17.5. The Morgan fingerprint density at radius 1 is 1.19 bits per heavy atom. The predicted octanol–water partition coefficient (Wildman–Crippen LogP) is 5.00. The SMILES string of the molecule is Cc1nn(Cc2c(Cl)cccc2Cl)c2cc(CC3=NCC(=S)O3)ccc12. The molecule has 0 amide bonds. The Morgan fingerprint density at radius 3 is 2.65 bits per heavy atom. The van der Waals surface area contributed by atoms with E-state index in [0.29, 0.717) is 40.5 Å². The lowest BCUT2D eigenvalue weighted by Crippen LogP contribution is -2.06. The van der Waals surface area contributed by atoms with E-state index in [1.807, 2.05) is 29.8 Å². The molecule has 4 rings (SSSR count). The Labute approximate surface area is 166 Å². The van der Waals surface area contributed by atoms with Crippen molar-refractivity contribution in [3.63, 3.8) is 0 Å². The quantitative estimate of drug-likeness (QED) is 0.575. The molecule has 0 bridgehead atoms. The minimum absolute atomic E-state index is 0.467. The van der Waals surface area contributed by atoms with Crippen LogP contribution in [0.4, 0.5) is 0 Å². The van der Waals surface area contributed by atoms with Gasteiger partial charge in [-0.1, -0.05) is 41.4 Å². The van der Waals surface area contributed by atoms with E-state index >= 15 is 0 Å². The van der Waals surface area contributed by atoms with E-state index in [4.69, 9.17) is 40.2 Å². The van der Waals surface area contributed by atoms with Gasteiger partial charge in [0.2, 0.25) is 0 Å². The van der Waals surface area contributed by atoms with Gasteiger partial charge in [-0.05, 0) is 42.9 Å². The number of hydrogen-bond donors (Lipinski definition) is 0. The molecule has 2 heterocycles. The summed E-state index contributed by atoms with van der Waals surface area (Å²) in [5.41, 5.74) is 3.94. The van der Waals surface area contributed by atoms with Crippen LogP contribution in [-0.2, 0) is 17.7 Å². The standard InChI is InChI=1S/C19H15Cl2N3OS/c1-11-13-6-5-12(8-18-22-9-19(26)25-18)7-17(13)24(23-11)10-14-15(20)3-2-4-16(14)21/h2-7H,8-10H2,1H3. The van der Waals surface area contributed by atoms with Crippen molar-refractivity contribution in [1.29, 1.82) is 0 Å². The highest BCUT2D eigenvalue weighted by Crippen LogP contribution is 2.27. The lowest BCUT2D eigenvalue weighted by atomic mass is 10.1. The van der Waals surface area contributed by atoms with Crippen LogP contribution < -0.4 is 0 Å². The third-order valence-electron chi connectivity index (χ3n) is 4.34. The fourth-order valence-corrected chi connectivity index (χ4v) is 3.74. The van der Waals surface area contributed by atoms with Gasteiger partial charge in [-0.15, -0.1) is 0 Å². The third-order valence-corrected chi connectivity index (χ3v) is 5.26. The van der Waals surface area contributed by atoms with Crippen molar-refractivity contribution in [3.05, 3.63) is 63.3 Å². The lowest BCUT2D eigenvalue weighted by Gasteiger charge is -2.09. The average Bonchev–Trinajstić information content (AvgIpc) is 3.14. The van der Waals surface area contributed by atoms with Crippen molar-refractivity contribution in [1.82, 2.24) is 9.78 Å². The second-order valence-corrected chi connectivity index (χ2v) is 7.43. The summed E-state index contributed by atoms with van der Waals surface area (Å²) in [5, 5.41) is 7.56. The Balaban J connectivity index is 1.71. The fourth-order valence-electron chi connectivity index (χ4n) is 3.06. The highest BCUT2D eigenvalue weighted by molar-refractivity contribution is 7.80. The maximum atomic E-state index is 6.33. The summed E-state index contributed by atoms with van der Waals surface area (Å²) in [6, 6.07) is 11.8. The molecule has 0 radical (unpaired) electrons. The zero-order valence-electron chi connectivity index (χ0n) is 14.0. The Morgan fingerprint density at radius 2 is 1.96 bits per heavy atom. The summed E-state index contributed by atoms with van der Waals surface area (Å²) in [6.07, 6.45) is 0.604. The zero-order valence-corrected chi connectivity index (χ0v) is 16.3. The molecule has 4 nitrogen and oxygen atoms in total. The molecule has 0 unspecified atom stereocenters. The summed E-state index contributed by atoms with van der Waals surface area (Å²) in [6.45, 7) is 2.97. The molecular formula is C19H15Cl2N3OS. The minimum atomic E-state index is 0.467. The molecule has 0 saturated heterocycles. The second-order valence-electron chi connectivity index (χ2n) is 6.16. The topological polar surface area (TPSA) is 39.4 Å². The van der Waals surface area contributed by atoms with Gasteiger partial charge in [-0.3, -0.25) is 4.68 Å². The van der Waals surface area contributed by atoms with Crippen LogP contribution in [-0.4, -0.2) is 27.3 Å². The maximum Gasteiger partial charge on any atom is 0.195 e. The highest BCUT2D eigenvalue weighted by Gasteiger charge is 2.16. The fraction of sp³-hybridized carbons (Fsp3) is 0.211. The Kier molecular flexibility index (Phi) is 4.69. The zero-order chi connectivity index (χ0) is 18.3. The van der Waals surface area contributed by atoms with Gasteiger partial charge < -0.3 is 4.74 Å². The average molecular weight is 404 g/mol. The van der Waals surface area contributed by atoms with Crippen LogP contribution in [0.2, 0.25) is 10.0 Å². The summed E-state index contributed by atoms with van der Waals surface area (Å²) < 4.78 is 7.40. The third kappa shape index (κ3) is 3.34. The van der Waals surface area contributed by atoms with Crippen LogP contribution in [0, 0.1) is 6.92 Å². The summed E-state index contributed by atoms with van der Waals surface area (Å²) >= 11 is 17.7. The van der Waals surface area contributed by atoms with Gasteiger partial charge in [0.1, 0.15) is 6.54 Å². The van der Waals surface area contributed by atoms with Gasteiger partial charge >= 0.3 is 0 Å². The van der Waals surface area contributed by atoms with Crippen LogP contribution in [0.25, 0.3) is 10.9 Å². The molecule has 7 heteroatoms. The van der Waals surface area contributed by atoms with E-state index in [1.54, 1.807) is 0 Å². The van der Waals surface area contributed by atoms with E-state index in [-0.39, 0.29) is 0 Å². The van der Waals surface area contributed by atoms with Crippen molar-refractivity contribution in [2.24, 2.45) is 4.99 Å². The second kappa shape index (κ2) is 6.99. The molecule has 26 heavy (non-hydrogen) atoms. The molecule has 0 saturated carbocycles. The Hall–Kier alpha value is -1.95. The van der Waals surface area contributed by atoms with Crippen molar-refractivity contribution in [2.45, 2.75) is 19.9 Å². The lowest BCUT2D eigenvalue weighted by molar-refractivity contribution is 0.562. The number of thiocarbonyl (C=S) groups is 1. The van der Waals surface area contributed by atoms with Gasteiger partial charge in [0, 0.05) is 27.4 Å². The van der Waals surface area contributed by atoms with Gasteiger partial charge in [-0.2, -0.15) is 5.10 Å². The molecule has 1 aromatic heterocycles. The van der Waals surface area contributed by atoms with Gasteiger partial charge in [-0.25, -0.2) is 4.99 Å². The predicted molar refractivity (Wildman–Crippen MR) is 110 cm³/mol. The van der Waals surface area contributed by atoms with Crippen LogP contribution in [0.15, 0.2) is 41.4 Å². The first-order valence-electron chi connectivity index (χ1n) is 8.14. The first-order valence-corrected chi connectivity index (χ1v) is 9.30. The molecule has 3 aromatic rings. The number of aromatic nitrogens is 2. The van der Waals surface area contributed by atoms with E-state index in [0.717, 1.165) is 27.7 Å². The minimum Gasteiger partial charge on any atom is -0.434 e. The van der Waals surface area contributed by atoms with Crippen LogP contribution in [0.5, 0.6) is 0 Å². The van der Waals surface area contributed by atoms with Crippen LogP contribution in [0.3, 0.4) is 0 Å². The number of aliphatic imine (C=N–C) groups is 1. The number of aryl methyl sites for hydroxylation is 1. The number of rotatable bonds is 4. The normalized spacial score (nSPS) is 14.0. The number of hydrogen-bond acceptors (Lipinski definition) is 4. The van der Waals surface area contributed by atoms with Gasteiger partial charge in [0.15, 0.2) is 10.9 Å². The molecular weight excluding hydrogens is 389 g/mol. The van der Waals surface area contributed by atoms with E-state index < -0.39 is 0 Å². The van der Waals surface area contributed by atoms with E-state index in [9.17, 15) is 0 Å². The largest absolute Gasteiger partial charge is 0.434 e. The molecule has 0 aliphatic carbocycles. The summed E-state index contributed by atoms with van der Waals surface area (Å²) in [7, 11) is 0. The van der Waals surface area contributed by atoms with E-state index in [1.165, 1.54) is 0 Å². The molecule has 132 valence electrons. The monoisotopic (exact) mass is 403 g/mol. The van der Waals surface area contributed by atoms with Crippen molar-refractivity contribution >= 4 is 57.3 Å². The summed E-state index contributed by atoms with van der Waals surface area (Å²) in [5.74, 6) is 0.659. The van der Waals surface area contributed by atoms with Crippen molar-refractivity contribution in [3.8, 4) is 0 Å². The highest BCUT2D eigenvalue weighted by atomic mass is 35.5. The van der Waals surface area contributed by atoms with Crippen LogP contribution in [0.1, 0.15) is 16.8 Å². The van der Waals surface area contributed by atoms with E-state index in [2.05, 4.69) is 28.3 Å². The maximum absolute atomic E-state index is 6.33. The van der Waals surface area contributed by atoms with Gasteiger partial charge in [0.25, 0.3) is 0 Å². The van der Waals surface area contributed by atoms with Gasteiger partial charge in [0.05, 0.1) is 17.8 Å². The van der Waals surface area contributed by atoms with Crippen molar-refractivity contribution in [2.75, 3.05) is 6.54 Å². The Bertz CT molecular complexity index is 1040. The molecule has 1 aliphatic rings. The smallest absolute Gasteiger partial charge is 0.195 e. The number of fused-ring (bicyclic) bond motifs is 1. The number of nitrogens with zero attached hydrogens (tertiary/aromatic N) is 3. The number of halogens is 2. The summed E-state index contributed by atoms with van der Waals surface area (Å²) in [4.78, 5) is 4.31. The van der Waals surface area contributed by atoms with Crippen LogP contribution >= 0.6 is 35.4 Å². The molecule has 0 N–H and O–H groups in total.